The maximum absolute atomic E-state index is 6.11. The van der Waals surface area contributed by atoms with E-state index in [4.69, 9.17) is 11.6 Å². The zero-order valence-electron chi connectivity index (χ0n) is 13.7. The molecule has 0 spiro atoms. The normalized spacial score (nSPS) is 12.0. The molecule has 0 N–H and O–H groups in total. The van der Waals surface area contributed by atoms with E-state index < -0.39 is 0 Å². The second-order valence-electron chi connectivity index (χ2n) is 6.05. The molecule has 0 aliphatic rings. The molecule has 0 aromatic carbocycles. The van der Waals surface area contributed by atoms with Gasteiger partial charge in [-0.1, -0.05) is 40.0 Å². The van der Waals surface area contributed by atoms with Gasteiger partial charge in [-0.05, 0) is 38.5 Å². The topological polar surface area (TPSA) is 0 Å². The Hall–Kier alpha value is 0.250. The van der Waals surface area contributed by atoms with Crippen molar-refractivity contribution in [1.82, 2.24) is 0 Å². The van der Waals surface area contributed by atoms with Crippen molar-refractivity contribution in [2.24, 2.45) is 0 Å². The Balaban J connectivity index is 4.37. The zero-order valence-corrected chi connectivity index (χ0v) is 14.5. The van der Waals surface area contributed by atoms with Gasteiger partial charge in [0.05, 0.1) is 32.1 Å². The molecule has 0 radical (unpaired) electrons. The molecule has 0 aliphatic heterocycles. The van der Waals surface area contributed by atoms with Crippen molar-refractivity contribution < 1.29 is 4.48 Å². The highest BCUT2D eigenvalue weighted by Crippen LogP contribution is 2.16. The second-order valence-corrected chi connectivity index (χ2v) is 6.42. The number of alkyl halides is 1. The molecular formula is C17H37ClN+. The van der Waals surface area contributed by atoms with Crippen LogP contribution in [0.2, 0.25) is 0 Å². The van der Waals surface area contributed by atoms with E-state index in [1.807, 2.05) is 0 Å². The number of hydrogen-bond donors (Lipinski definition) is 0. The molecule has 0 atom stereocenters. The van der Waals surface area contributed by atoms with E-state index in [2.05, 4.69) is 20.8 Å². The molecular weight excluding hydrogens is 254 g/mol. The average molecular weight is 291 g/mol. The van der Waals surface area contributed by atoms with Crippen LogP contribution in [0.5, 0.6) is 0 Å². The Labute approximate surface area is 127 Å². The van der Waals surface area contributed by atoms with Crippen LogP contribution >= 0.6 is 11.6 Å². The quantitative estimate of drug-likeness (QED) is 0.221. The van der Waals surface area contributed by atoms with Crippen LogP contribution in [-0.2, 0) is 0 Å². The molecule has 1 nitrogen and oxygen atoms in total. The predicted octanol–water partition coefficient (Wildman–Crippen LogP) is 5.61. The average Bonchev–Trinajstić information content (AvgIpc) is 2.40. The Bertz CT molecular complexity index is 156. The van der Waals surface area contributed by atoms with Crippen LogP contribution in [0.25, 0.3) is 0 Å². The highest BCUT2D eigenvalue weighted by molar-refractivity contribution is 6.17. The Kier molecular flexibility index (Phi) is 13.4. The third kappa shape index (κ3) is 9.73. The second kappa shape index (κ2) is 13.2. The molecule has 0 aromatic rings. The lowest BCUT2D eigenvalue weighted by atomic mass is 10.1. The number of halogens is 1. The van der Waals surface area contributed by atoms with Crippen LogP contribution in [0.1, 0.15) is 78.6 Å². The van der Waals surface area contributed by atoms with Crippen molar-refractivity contribution >= 4 is 11.6 Å². The van der Waals surface area contributed by atoms with Crippen LogP contribution in [0, 0.1) is 0 Å². The summed E-state index contributed by atoms with van der Waals surface area (Å²) in [7, 11) is 0. The lowest BCUT2D eigenvalue weighted by molar-refractivity contribution is -0.926. The van der Waals surface area contributed by atoms with Gasteiger partial charge in [0.15, 0.2) is 0 Å². The molecule has 0 aromatic heterocycles. The zero-order chi connectivity index (χ0) is 14.4. The number of quaternary nitrogens is 1. The summed E-state index contributed by atoms with van der Waals surface area (Å²) in [6.45, 7) is 12.1. The van der Waals surface area contributed by atoms with Gasteiger partial charge in [0, 0.05) is 0 Å². The monoisotopic (exact) mass is 290 g/mol. The Morgan fingerprint density at radius 1 is 0.579 bits per heavy atom. The standard InChI is InChI=1S/C17H37ClN/c1-4-7-10-14-19(17-13-18,15-11-8-5-2)16-12-9-6-3/h4-17H2,1-3H3/q+1. The third-order valence-corrected chi connectivity index (χ3v) is 4.44. The number of hydrogen-bond acceptors (Lipinski definition) is 0. The summed E-state index contributed by atoms with van der Waals surface area (Å²) in [5, 5.41) is 0. The minimum atomic E-state index is 0.824. The molecule has 0 fully saturated rings. The third-order valence-electron chi connectivity index (χ3n) is 4.27. The molecule has 0 unspecified atom stereocenters. The summed E-state index contributed by atoms with van der Waals surface area (Å²) in [5.41, 5.74) is 0. The molecule has 0 saturated heterocycles. The van der Waals surface area contributed by atoms with Gasteiger partial charge in [-0.25, -0.2) is 0 Å². The van der Waals surface area contributed by atoms with Gasteiger partial charge in [0.2, 0.25) is 0 Å². The lowest BCUT2D eigenvalue weighted by Gasteiger charge is -2.39. The van der Waals surface area contributed by atoms with Crippen molar-refractivity contribution in [2.45, 2.75) is 78.6 Å². The van der Waals surface area contributed by atoms with Crippen LogP contribution in [-0.4, -0.2) is 36.5 Å². The molecule has 2 heteroatoms. The molecule has 0 amide bonds. The van der Waals surface area contributed by atoms with E-state index in [9.17, 15) is 0 Å². The van der Waals surface area contributed by atoms with Gasteiger partial charge in [0.25, 0.3) is 0 Å². The maximum Gasteiger partial charge on any atom is 0.0924 e. The highest BCUT2D eigenvalue weighted by Gasteiger charge is 2.25. The van der Waals surface area contributed by atoms with Gasteiger partial charge >= 0.3 is 0 Å². The Morgan fingerprint density at radius 2 is 0.947 bits per heavy atom. The fraction of sp³-hybridized carbons (Fsp3) is 1.00. The summed E-state index contributed by atoms with van der Waals surface area (Å²) in [6, 6.07) is 0. The molecule has 0 rings (SSSR count). The molecule has 19 heavy (non-hydrogen) atoms. The smallest absolute Gasteiger partial charge is 0.0924 e. The van der Waals surface area contributed by atoms with Gasteiger partial charge in [-0.15, -0.1) is 11.6 Å². The van der Waals surface area contributed by atoms with Crippen molar-refractivity contribution in [3.8, 4) is 0 Å². The van der Waals surface area contributed by atoms with Gasteiger partial charge in [-0.3, -0.25) is 0 Å². The summed E-state index contributed by atoms with van der Waals surface area (Å²) in [4.78, 5) is 0. The lowest BCUT2D eigenvalue weighted by Crippen LogP contribution is -2.51. The summed E-state index contributed by atoms with van der Waals surface area (Å²) >= 11 is 6.11. The SMILES string of the molecule is CCCCC[N+](CCCl)(CCCCC)CCCCC. The maximum atomic E-state index is 6.11. The van der Waals surface area contributed by atoms with Crippen molar-refractivity contribution in [2.75, 3.05) is 32.1 Å². The van der Waals surface area contributed by atoms with Crippen LogP contribution in [0.4, 0.5) is 0 Å². The van der Waals surface area contributed by atoms with Crippen LogP contribution in [0.15, 0.2) is 0 Å². The fourth-order valence-corrected chi connectivity index (χ4v) is 3.30. The van der Waals surface area contributed by atoms with Crippen molar-refractivity contribution in [3.05, 3.63) is 0 Å². The minimum Gasteiger partial charge on any atom is -0.323 e. The largest absolute Gasteiger partial charge is 0.323 e. The van der Waals surface area contributed by atoms with Gasteiger partial charge < -0.3 is 4.48 Å². The molecule has 0 bridgehead atoms. The summed E-state index contributed by atoms with van der Waals surface area (Å²) in [6.07, 6.45) is 12.3. The van der Waals surface area contributed by atoms with E-state index in [0.29, 0.717) is 0 Å². The molecule has 116 valence electrons. The Morgan fingerprint density at radius 3 is 1.21 bits per heavy atom. The molecule has 0 heterocycles. The summed E-state index contributed by atoms with van der Waals surface area (Å²) < 4.78 is 1.30. The minimum absolute atomic E-state index is 0.824. The summed E-state index contributed by atoms with van der Waals surface area (Å²) in [5.74, 6) is 0.824. The number of unbranched alkanes of at least 4 members (excludes halogenated alkanes) is 6. The van der Waals surface area contributed by atoms with E-state index in [0.717, 1.165) is 5.88 Å². The predicted molar refractivity (Wildman–Crippen MR) is 89.0 cm³/mol. The van der Waals surface area contributed by atoms with Crippen molar-refractivity contribution in [3.63, 3.8) is 0 Å². The van der Waals surface area contributed by atoms with Gasteiger partial charge in [-0.2, -0.15) is 0 Å². The van der Waals surface area contributed by atoms with Crippen molar-refractivity contribution in [1.29, 1.82) is 0 Å². The van der Waals surface area contributed by atoms with E-state index in [1.165, 1.54) is 88.4 Å². The first-order chi connectivity index (χ1) is 9.24. The van der Waals surface area contributed by atoms with Crippen LogP contribution < -0.4 is 0 Å². The van der Waals surface area contributed by atoms with E-state index in [1.54, 1.807) is 0 Å². The number of nitrogens with zero attached hydrogens (tertiary/aromatic N) is 1. The fourth-order valence-electron chi connectivity index (χ4n) is 2.94. The molecule has 0 saturated carbocycles. The number of rotatable bonds is 14. The highest BCUT2D eigenvalue weighted by atomic mass is 35.5. The first-order valence-electron chi connectivity index (χ1n) is 8.65. The van der Waals surface area contributed by atoms with E-state index >= 15 is 0 Å². The van der Waals surface area contributed by atoms with E-state index in [-0.39, 0.29) is 0 Å². The molecule has 0 aliphatic carbocycles. The van der Waals surface area contributed by atoms with Gasteiger partial charge in [0.1, 0.15) is 0 Å². The first-order valence-corrected chi connectivity index (χ1v) is 9.19. The first kappa shape index (κ1) is 19.2. The van der Waals surface area contributed by atoms with Crippen LogP contribution in [0.3, 0.4) is 0 Å².